The van der Waals surface area contributed by atoms with Gasteiger partial charge >= 0.3 is 0 Å². The predicted octanol–water partition coefficient (Wildman–Crippen LogP) is -0.377. The van der Waals surface area contributed by atoms with Gasteiger partial charge in [0.15, 0.2) is 0 Å². The minimum Gasteiger partial charge on any atom is -0.412 e. The largest absolute Gasteiger partial charge is 0.412 e. The van der Waals surface area contributed by atoms with Crippen molar-refractivity contribution in [1.82, 2.24) is 0 Å². The van der Waals surface area contributed by atoms with Gasteiger partial charge in [0.2, 0.25) is 0 Å². The lowest BCUT2D eigenvalue weighted by atomic mass is 12.0. The molecule has 2 nitrogen and oxygen atoms in total. The van der Waals surface area contributed by atoms with E-state index < -0.39 is 0 Å². The summed E-state index contributed by atoms with van der Waals surface area (Å²) >= 11 is 0. The molecule has 0 saturated heterocycles. The normalized spacial score (nSPS) is 0. The molecule has 0 heterocycles. The highest BCUT2D eigenvalue weighted by molar-refractivity contribution is 2.50. The maximum absolute atomic E-state index is 0. The van der Waals surface area contributed by atoms with Crippen molar-refractivity contribution in [2.75, 3.05) is 0 Å². The Labute approximate surface area is 27.1 Å². The molecule has 0 atom stereocenters. The van der Waals surface area contributed by atoms with E-state index in [1.165, 1.54) is 0 Å². The Morgan fingerprint density at radius 2 is 0.500 bits per heavy atom. The van der Waals surface area contributed by atoms with Crippen molar-refractivity contribution in [2.24, 2.45) is 0 Å². The molecule has 0 aliphatic rings. The molecule has 0 bridgehead atoms. The molecule has 4 heavy (non-hydrogen) atoms. The van der Waals surface area contributed by atoms with Gasteiger partial charge in [0.25, 0.3) is 0 Å². The van der Waals surface area contributed by atoms with Crippen LogP contribution in [0.15, 0.2) is 0 Å². The average Bonchev–Trinajstić information content (AvgIpc) is 0. The summed E-state index contributed by atoms with van der Waals surface area (Å²) in [6, 6.07) is 0. The fourth-order valence-electron chi connectivity index (χ4n) is 0. The van der Waals surface area contributed by atoms with E-state index >= 15 is 0 Å². The quantitative estimate of drug-likeness (QED) is 0.371. The molecule has 0 amide bonds. The van der Waals surface area contributed by atoms with Gasteiger partial charge in [-0.3, -0.25) is 0 Å². The fraction of sp³-hybridized carbons (Fsp3) is 1.00. The summed E-state index contributed by atoms with van der Waals surface area (Å²) in [6.07, 6.45) is 0. The molecule has 0 aliphatic carbocycles. The van der Waals surface area contributed by atoms with Crippen molar-refractivity contribution in [2.45, 2.75) is 14.9 Å². The van der Waals surface area contributed by atoms with Crippen molar-refractivity contribution in [3.8, 4) is 0 Å². The molecule has 0 fully saturated rings. The Bertz CT molecular complexity index is 4.00. The van der Waals surface area contributed by atoms with Crippen LogP contribution in [-0.4, -0.2) is 11.0 Å². The molecule has 0 unspecified atom stereocenters. The first kappa shape index (κ1) is 5220. The first-order chi connectivity index (χ1) is 0. The first-order valence-corrected chi connectivity index (χ1v) is 0. The summed E-state index contributed by atoms with van der Waals surface area (Å²) in [5, 5.41) is 0. The SMILES string of the molecule is C.C.O.O. The van der Waals surface area contributed by atoms with Crippen LogP contribution in [0.2, 0.25) is 0 Å². The van der Waals surface area contributed by atoms with Crippen LogP contribution in [0.3, 0.4) is 0 Å². The van der Waals surface area contributed by atoms with Crippen molar-refractivity contribution in [3.05, 3.63) is 0 Å². The molecule has 0 aromatic carbocycles. The summed E-state index contributed by atoms with van der Waals surface area (Å²) < 4.78 is 0. The van der Waals surface area contributed by atoms with Crippen LogP contribution in [0, 0.1) is 0 Å². The van der Waals surface area contributed by atoms with Gasteiger partial charge in [0.1, 0.15) is 0 Å². The molecule has 4 N–H and O–H groups in total. The predicted molar refractivity (Wildman–Crippen MR) is 20.7 cm³/mol. The molecule has 0 aromatic rings. The second kappa shape index (κ2) is 1680. The lowest BCUT2D eigenvalue weighted by Gasteiger charge is -0.413. The zero-order valence-corrected chi connectivity index (χ0v) is 1.00. The van der Waals surface area contributed by atoms with Gasteiger partial charge in [-0.25, -0.2) is 0 Å². The molecule has 0 radical (unpaired) electrons. The highest BCUT2D eigenvalue weighted by Crippen LogP contribution is 0.145. The Hall–Kier alpha value is -0.0800. The van der Waals surface area contributed by atoms with Gasteiger partial charge in [0, 0.05) is 0 Å². The highest BCUT2D eigenvalue weighted by Gasteiger charge is -0.0765. The smallest absolute Gasteiger partial charge is 0.0776 e. The monoisotopic (exact) mass is 68.1 g/mol. The van der Waals surface area contributed by atoms with Crippen LogP contribution in [0.25, 0.3) is 0 Å². The number of hydrogen-bond donors (Lipinski definition) is 0. The minimum absolute atomic E-state index is 0. The highest BCUT2D eigenvalue weighted by atomic mass is 16.0. The van der Waals surface area contributed by atoms with Gasteiger partial charge in [-0.05, 0) is 0 Å². The molecule has 0 aliphatic heterocycles. The van der Waals surface area contributed by atoms with E-state index in [9.17, 15) is 0 Å². The summed E-state index contributed by atoms with van der Waals surface area (Å²) in [4.78, 5) is 0. The van der Waals surface area contributed by atoms with E-state index in [0.717, 1.165) is 0 Å². The van der Waals surface area contributed by atoms with Crippen LogP contribution in [0.4, 0.5) is 0 Å². The van der Waals surface area contributed by atoms with E-state index in [1.54, 1.807) is 0 Å². The van der Waals surface area contributed by atoms with E-state index in [0.29, 0.717) is 0 Å². The first-order valence-electron chi connectivity index (χ1n) is 0. The van der Waals surface area contributed by atoms with Crippen LogP contribution in [-0.2, 0) is 0 Å². The molecular weight excluding hydrogens is 56.0 g/mol. The van der Waals surface area contributed by atoms with Gasteiger partial charge in [-0.15, -0.1) is 0 Å². The summed E-state index contributed by atoms with van der Waals surface area (Å²) in [5.74, 6) is 0. The molecule has 2 heteroatoms. The zero-order valence-electron chi connectivity index (χ0n) is 1.00. The maximum Gasteiger partial charge on any atom is -0.0776 e. The lowest BCUT2D eigenvalue weighted by molar-refractivity contribution is 0.823. The number of hydrogen-bond acceptors (Lipinski definition) is 0. The second-order valence-corrected chi connectivity index (χ2v) is 0. The fourth-order valence-corrected chi connectivity index (χ4v) is 0. The lowest BCUT2D eigenvalue weighted by Crippen LogP contribution is -0.290. The molecular formula is C2H12O2. The summed E-state index contributed by atoms with van der Waals surface area (Å²) in [6.45, 7) is 0. The third-order valence-corrected chi connectivity index (χ3v) is 0. The van der Waals surface area contributed by atoms with E-state index in [2.05, 4.69) is 0 Å². The second-order valence-electron chi connectivity index (χ2n) is 0. The molecule has 0 saturated carbocycles. The molecule has 0 rings (SSSR count). The summed E-state index contributed by atoms with van der Waals surface area (Å²) in [7, 11) is 0. The Kier molecular flexibility index (Phi) is 2200000. The molecule has 32 valence electrons. The van der Waals surface area contributed by atoms with Crippen molar-refractivity contribution < 1.29 is 11.0 Å². The van der Waals surface area contributed by atoms with Crippen molar-refractivity contribution in [3.63, 3.8) is 0 Å². The van der Waals surface area contributed by atoms with Crippen molar-refractivity contribution in [1.29, 1.82) is 0 Å². The van der Waals surface area contributed by atoms with E-state index in [1.807, 2.05) is 0 Å². The van der Waals surface area contributed by atoms with Crippen molar-refractivity contribution >= 4 is 0 Å². The Morgan fingerprint density at radius 3 is 0.500 bits per heavy atom. The van der Waals surface area contributed by atoms with E-state index in [4.69, 9.17) is 0 Å². The maximum atomic E-state index is 0. The van der Waals surface area contributed by atoms with E-state index in [-0.39, 0.29) is 25.8 Å². The van der Waals surface area contributed by atoms with Gasteiger partial charge in [-0.2, -0.15) is 0 Å². The van der Waals surface area contributed by atoms with Gasteiger partial charge in [0.05, 0.1) is 0 Å². The molecule has 0 spiro atoms. The zero-order chi connectivity index (χ0) is 0. The Morgan fingerprint density at radius 1 is 0.500 bits per heavy atom. The van der Waals surface area contributed by atoms with Gasteiger partial charge in [-0.1, -0.05) is 14.9 Å². The third kappa shape index (κ3) is 254. The summed E-state index contributed by atoms with van der Waals surface area (Å²) in [5.41, 5.74) is 0. The van der Waals surface area contributed by atoms with Crippen LogP contribution in [0.1, 0.15) is 14.9 Å². The van der Waals surface area contributed by atoms with Gasteiger partial charge < -0.3 is 11.0 Å². The third-order valence-electron chi connectivity index (χ3n) is 0. The number of rotatable bonds is 0. The Balaban J connectivity index is 0. The average molecular weight is 68.1 g/mol. The standard InChI is InChI=1S/2CH4.2H2O/h2*1H4;2*1H2. The van der Waals surface area contributed by atoms with Crippen LogP contribution < -0.4 is 0 Å². The van der Waals surface area contributed by atoms with Crippen LogP contribution in [0.5, 0.6) is 0 Å². The topological polar surface area (TPSA) is 63.0 Å². The van der Waals surface area contributed by atoms with Crippen LogP contribution >= 0.6 is 0 Å². The minimum atomic E-state index is 0. The molecule has 0 aromatic heterocycles.